The second-order valence-corrected chi connectivity index (χ2v) is 3.43. The van der Waals surface area contributed by atoms with Crippen LogP contribution in [0, 0.1) is 6.92 Å². The van der Waals surface area contributed by atoms with Gasteiger partial charge >= 0.3 is 5.97 Å². The maximum atomic E-state index is 10.8. The predicted octanol–water partition coefficient (Wildman–Crippen LogP) is 1.65. The molecule has 15 heavy (non-hydrogen) atoms. The van der Waals surface area contributed by atoms with Crippen LogP contribution in [0.15, 0.2) is 24.3 Å². The van der Waals surface area contributed by atoms with Gasteiger partial charge < -0.3 is 10.1 Å². The highest BCUT2D eigenvalue weighted by Gasteiger charge is 1.99. The Hall–Kier alpha value is -1.35. The van der Waals surface area contributed by atoms with Crippen LogP contribution >= 0.6 is 0 Å². The van der Waals surface area contributed by atoms with Crippen LogP contribution in [0.3, 0.4) is 0 Å². The summed E-state index contributed by atoms with van der Waals surface area (Å²) >= 11 is 0. The van der Waals surface area contributed by atoms with E-state index in [0.29, 0.717) is 13.0 Å². The summed E-state index contributed by atoms with van der Waals surface area (Å²) in [6, 6.07) is 8.20. The molecule has 82 valence electrons. The van der Waals surface area contributed by atoms with Gasteiger partial charge in [0.2, 0.25) is 0 Å². The summed E-state index contributed by atoms with van der Waals surface area (Å²) in [5.74, 6) is -0.174. The average molecular weight is 207 g/mol. The van der Waals surface area contributed by atoms with E-state index in [9.17, 15) is 4.79 Å². The van der Waals surface area contributed by atoms with Crippen molar-refractivity contribution in [2.75, 3.05) is 13.7 Å². The minimum absolute atomic E-state index is 0.174. The van der Waals surface area contributed by atoms with E-state index in [-0.39, 0.29) is 5.97 Å². The monoisotopic (exact) mass is 207 g/mol. The van der Waals surface area contributed by atoms with Crippen molar-refractivity contribution < 1.29 is 9.53 Å². The fraction of sp³-hybridized carbons (Fsp3) is 0.417. The van der Waals surface area contributed by atoms with Crippen LogP contribution < -0.4 is 5.32 Å². The minimum Gasteiger partial charge on any atom is -0.469 e. The molecular formula is C12H17NO2. The molecule has 1 rings (SSSR count). The standard InChI is InChI=1S/C12H17NO2/c1-10-5-3-4-6-11(10)9-13-8-7-12(14)15-2/h3-6,13H,7-9H2,1-2H3. The molecular weight excluding hydrogens is 190 g/mol. The van der Waals surface area contributed by atoms with Crippen molar-refractivity contribution in [3.8, 4) is 0 Å². The number of hydrogen-bond acceptors (Lipinski definition) is 3. The number of methoxy groups -OCH3 is 1. The molecule has 0 saturated carbocycles. The molecule has 0 aliphatic rings. The highest BCUT2D eigenvalue weighted by atomic mass is 16.5. The zero-order valence-electron chi connectivity index (χ0n) is 9.25. The van der Waals surface area contributed by atoms with Crippen molar-refractivity contribution >= 4 is 5.97 Å². The smallest absolute Gasteiger partial charge is 0.306 e. The van der Waals surface area contributed by atoms with Gasteiger partial charge in [0, 0.05) is 13.1 Å². The van der Waals surface area contributed by atoms with E-state index in [1.807, 2.05) is 12.1 Å². The van der Waals surface area contributed by atoms with Crippen LogP contribution in [0.1, 0.15) is 17.5 Å². The van der Waals surface area contributed by atoms with E-state index in [1.54, 1.807) is 0 Å². The van der Waals surface area contributed by atoms with Crippen molar-refractivity contribution in [2.24, 2.45) is 0 Å². The number of carbonyl (C=O) groups excluding carboxylic acids is 1. The molecule has 0 aliphatic carbocycles. The molecule has 0 heterocycles. The number of benzene rings is 1. The van der Waals surface area contributed by atoms with Crippen LogP contribution in [0.4, 0.5) is 0 Å². The lowest BCUT2D eigenvalue weighted by molar-refractivity contribution is -0.140. The van der Waals surface area contributed by atoms with Crippen molar-refractivity contribution in [3.05, 3.63) is 35.4 Å². The number of rotatable bonds is 5. The van der Waals surface area contributed by atoms with Crippen LogP contribution in [-0.2, 0) is 16.1 Å². The third kappa shape index (κ3) is 4.13. The summed E-state index contributed by atoms with van der Waals surface area (Å²) < 4.78 is 4.55. The van der Waals surface area contributed by atoms with Gasteiger partial charge in [-0.2, -0.15) is 0 Å². The topological polar surface area (TPSA) is 38.3 Å². The van der Waals surface area contributed by atoms with Crippen molar-refractivity contribution in [1.82, 2.24) is 5.32 Å². The van der Waals surface area contributed by atoms with Gasteiger partial charge in [-0.05, 0) is 18.1 Å². The fourth-order valence-corrected chi connectivity index (χ4v) is 1.32. The molecule has 0 atom stereocenters. The maximum Gasteiger partial charge on any atom is 0.306 e. The second-order valence-electron chi connectivity index (χ2n) is 3.43. The van der Waals surface area contributed by atoms with Gasteiger partial charge in [-0.3, -0.25) is 4.79 Å². The molecule has 1 aromatic carbocycles. The molecule has 0 amide bonds. The molecule has 0 radical (unpaired) electrons. The van der Waals surface area contributed by atoms with Crippen LogP contribution in [0.2, 0.25) is 0 Å². The Balaban J connectivity index is 2.26. The molecule has 0 fully saturated rings. The molecule has 0 saturated heterocycles. The third-order valence-electron chi connectivity index (χ3n) is 2.31. The first-order valence-corrected chi connectivity index (χ1v) is 5.06. The summed E-state index contributed by atoms with van der Waals surface area (Å²) in [7, 11) is 1.41. The van der Waals surface area contributed by atoms with Gasteiger partial charge in [0.25, 0.3) is 0 Å². The number of esters is 1. The van der Waals surface area contributed by atoms with Crippen molar-refractivity contribution in [1.29, 1.82) is 0 Å². The van der Waals surface area contributed by atoms with Gasteiger partial charge in [-0.1, -0.05) is 24.3 Å². The quantitative estimate of drug-likeness (QED) is 0.589. The number of hydrogen-bond donors (Lipinski definition) is 1. The summed E-state index contributed by atoms with van der Waals surface area (Å²) in [6.07, 6.45) is 0.419. The van der Waals surface area contributed by atoms with E-state index in [0.717, 1.165) is 6.54 Å². The number of nitrogens with one attached hydrogen (secondary N) is 1. The largest absolute Gasteiger partial charge is 0.469 e. The van der Waals surface area contributed by atoms with Gasteiger partial charge in [-0.25, -0.2) is 0 Å². The molecule has 0 spiro atoms. The highest BCUT2D eigenvalue weighted by Crippen LogP contribution is 2.05. The summed E-state index contributed by atoms with van der Waals surface area (Å²) in [5.41, 5.74) is 2.53. The van der Waals surface area contributed by atoms with E-state index in [2.05, 4.69) is 29.1 Å². The Bertz CT molecular complexity index is 323. The summed E-state index contributed by atoms with van der Waals surface area (Å²) in [6.45, 7) is 3.53. The molecule has 0 bridgehead atoms. The zero-order valence-corrected chi connectivity index (χ0v) is 9.25. The molecule has 3 nitrogen and oxygen atoms in total. The SMILES string of the molecule is COC(=O)CCNCc1ccccc1C. The van der Waals surface area contributed by atoms with E-state index >= 15 is 0 Å². The number of carbonyl (C=O) groups is 1. The Morgan fingerprint density at radius 3 is 2.80 bits per heavy atom. The lowest BCUT2D eigenvalue weighted by atomic mass is 10.1. The highest BCUT2D eigenvalue weighted by molar-refractivity contribution is 5.69. The van der Waals surface area contributed by atoms with E-state index in [4.69, 9.17) is 0 Å². The number of aryl methyl sites for hydroxylation is 1. The number of ether oxygens (including phenoxy) is 1. The van der Waals surface area contributed by atoms with Crippen LogP contribution in [0.5, 0.6) is 0 Å². The first-order valence-electron chi connectivity index (χ1n) is 5.06. The Morgan fingerprint density at radius 2 is 2.13 bits per heavy atom. The van der Waals surface area contributed by atoms with Crippen molar-refractivity contribution in [3.63, 3.8) is 0 Å². The maximum absolute atomic E-state index is 10.8. The zero-order chi connectivity index (χ0) is 11.1. The predicted molar refractivity (Wildman–Crippen MR) is 59.5 cm³/mol. The molecule has 0 aromatic heterocycles. The molecule has 3 heteroatoms. The van der Waals surface area contributed by atoms with Gasteiger partial charge in [0.1, 0.15) is 0 Å². The summed E-state index contributed by atoms with van der Waals surface area (Å²) in [5, 5.41) is 3.21. The lowest BCUT2D eigenvalue weighted by Crippen LogP contribution is -2.18. The normalized spacial score (nSPS) is 10.0. The Kier molecular flexibility index (Phi) is 4.84. The first-order chi connectivity index (χ1) is 7.24. The Morgan fingerprint density at radius 1 is 1.40 bits per heavy atom. The van der Waals surface area contributed by atoms with Crippen LogP contribution in [0.25, 0.3) is 0 Å². The second kappa shape index (κ2) is 6.19. The molecule has 0 unspecified atom stereocenters. The van der Waals surface area contributed by atoms with E-state index in [1.165, 1.54) is 18.2 Å². The average Bonchev–Trinajstić information content (AvgIpc) is 2.26. The lowest BCUT2D eigenvalue weighted by Gasteiger charge is -2.06. The molecule has 1 aromatic rings. The molecule has 1 N–H and O–H groups in total. The third-order valence-corrected chi connectivity index (χ3v) is 2.31. The first kappa shape index (κ1) is 11.7. The van der Waals surface area contributed by atoms with E-state index < -0.39 is 0 Å². The van der Waals surface area contributed by atoms with Crippen LogP contribution in [-0.4, -0.2) is 19.6 Å². The summed E-state index contributed by atoms with van der Waals surface area (Å²) in [4.78, 5) is 10.8. The molecule has 0 aliphatic heterocycles. The van der Waals surface area contributed by atoms with Gasteiger partial charge in [0.05, 0.1) is 13.5 Å². The van der Waals surface area contributed by atoms with Crippen molar-refractivity contribution in [2.45, 2.75) is 19.9 Å². The van der Waals surface area contributed by atoms with Gasteiger partial charge in [-0.15, -0.1) is 0 Å². The fourth-order valence-electron chi connectivity index (χ4n) is 1.32. The Labute approximate surface area is 90.4 Å². The minimum atomic E-state index is -0.174. The van der Waals surface area contributed by atoms with Gasteiger partial charge in [0.15, 0.2) is 0 Å².